The molecule has 3 heterocycles. The van der Waals surface area contributed by atoms with E-state index in [1.807, 2.05) is 0 Å². The molecule has 8 nitrogen and oxygen atoms in total. The number of hydrogen-bond acceptors (Lipinski definition) is 7. The maximum absolute atomic E-state index is 13.4. The van der Waals surface area contributed by atoms with Gasteiger partial charge in [0.05, 0.1) is 16.9 Å². The van der Waals surface area contributed by atoms with Crippen LogP contribution in [0.25, 0.3) is 21.8 Å². The summed E-state index contributed by atoms with van der Waals surface area (Å²) in [6.07, 6.45) is 1.23. The van der Waals surface area contributed by atoms with E-state index in [2.05, 4.69) is 25.5 Å². The molecule has 0 unspecified atom stereocenters. The predicted octanol–water partition coefficient (Wildman–Crippen LogP) is 5.85. The highest BCUT2D eigenvalue weighted by molar-refractivity contribution is 7.18. The smallest absolute Gasteiger partial charge is 0.396 e. The second-order valence-electron chi connectivity index (χ2n) is 8.22. The van der Waals surface area contributed by atoms with E-state index in [1.165, 1.54) is 34.4 Å². The van der Waals surface area contributed by atoms with Crippen LogP contribution < -0.4 is 16.0 Å². The molecule has 4 aromatic rings. The Labute approximate surface area is 208 Å². The zero-order valence-electron chi connectivity index (χ0n) is 18.7. The Bertz CT molecular complexity index is 1390. The number of alkyl halides is 3. The Morgan fingerprint density at radius 3 is 2.53 bits per heavy atom. The number of carbonyl (C=O) groups is 1. The summed E-state index contributed by atoms with van der Waals surface area (Å²) in [5.41, 5.74) is 7.02. The first-order valence-electron chi connectivity index (χ1n) is 11.1. The number of nitrogens with zero attached hydrogens (tertiary/aromatic N) is 5. The molecule has 5 rings (SSSR count). The lowest BCUT2D eigenvalue weighted by Gasteiger charge is -2.37. The van der Waals surface area contributed by atoms with Crippen LogP contribution in [0.3, 0.4) is 0 Å². The van der Waals surface area contributed by atoms with Crippen molar-refractivity contribution in [1.29, 1.82) is 0 Å². The molecule has 184 valence electrons. The number of amides is 2. The largest absolute Gasteiger partial charge is 0.416 e. The molecule has 2 amide bonds. The van der Waals surface area contributed by atoms with Gasteiger partial charge in [0.2, 0.25) is 5.13 Å². The zero-order chi connectivity index (χ0) is 25.3. The number of nitrogens with two attached hydrogens (primary N) is 1. The summed E-state index contributed by atoms with van der Waals surface area (Å²) in [5.74, 6) is 0.186. The van der Waals surface area contributed by atoms with E-state index in [4.69, 9.17) is 5.73 Å². The van der Waals surface area contributed by atoms with Gasteiger partial charge in [0, 0.05) is 29.6 Å². The topological polar surface area (TPSA) is 110 Å². The van der Waals surface area contributed by atoms with Crippen LogP contribution in [-0.2, 0) is 6.18 Å². The third kappa shape index (κ3) is 4.85. The van der Waals surface area contributed by atoms with Gasteiger partial charge in [-0.05, 0) is 55.7 Å². The monoisotopic (exact) mass is 511 g/mol. The first kappa shape index (κ1) is 23.7. The number of rotatable bonds is 5. The average Bonchev–Trinajstić information content (AvgIpc) is 3.30. The van der Waals surface area contributed by atoms with Crippen LogP contribution in [0.1, 0.15) is 24.8 Å². The minimum Gasteiger partial charge on any atom is -0.396 e. The Kier molecular flexibility index (Phi) is 6.27. The fourth-order valence-corrected chi connectivity index (χ4v) is 4.52. The number of benzene rings is 1. The number of pyridine rings is 2. The minimum absolute atomic E-state index is 0.149. The molecule has 0 bridgehead atoms. The Balaban J connectivity index is 1.45. The van der Waals surface area contributed by atoms with Crippen LogP contribution in [-0.4, -0.2) is 32.2 Å². The molecular weight excluding hydrogens is 491 g/mol. The summed E-state index contributed by atoms with van der Waals surface area (Å²) in [7, 11) is 0. The lowest BCUT2D eigenvalue weighted by Crippen LogP contribution is -2.47. The summed E-state index contributed by atoms with van der Waals surface area (Å²) < 4.78 is 39.7. The molecule has 1 fully saturated rings. The van der Waals surface area contributed by atoms with Crippen molar-refractivity contribution in [2.24, 2.45) is 0 Å². The van der Waals surface area contributed by atoms with Gasteiger partial charge in [-0.25, -0.2) is 9.78 Å². The van der Waals surface area contributed by atoms with Gasteiger partial charge < -0.3 is 5.73 Å². The summed E-state index contributed by atoms with van der Waals surface area (Å²) >= 11 is 1.21. The molecule has 1 aliphatic rings. The Hall–Kier alpha value is -4.06. The van der Waals surface area contributed by atoms with Crippen molar-refractivity contribution in [2.75, 3.05) is 16.0 Å². The number of nitrogens with one attached hydrogen (secondary N) is 1. The van der Waals surface area contributed by atoms with Gasteiger partial charge in [0.1, 0.15) is 5.01 Å². The molecule has 1 aromatic carbocycles. The molecule has 36 heavy (non-hydrogen) atoms. The minimum atomic E-state index is -4.48. The second kappa shape index (κ2) is 9.53. The quantitative estimate of drug-likeness (QED) is 0.348. The molecule has 1 saturated carbocycles. The maximum atomic E-state index is 13.4. The Morgan fingerprint density at radius 2 is 1.83 bits per heavy atom. The molecule has 3 aromatic heterocycles. The molecule has 3 N–H and O–H groups in total. The number of nitrogen functional groups attached to an aromatic ring is 1. The van der Waals surface area contributed by atoms with Gasteiger partial charge >= 0.3 is 12.2 Å². The average molecular weight is 512 g/mol. The van der Waals surface area contributed by atoms with Gasteiger partial charge in [-0.3, -0.25) is 15.2 Å². The first-order chi connectivity index (χ1) is 17.3. The van der Waals surface area contributed by atoms with E-state index in [9.17, 15) is 18.0 Å². The number of carbonyl (C=O) groups excluding carboxylic acids is 1. The van der Waals surface area contributed by atoms with E-state index < -0.39 is 17.8 Å². The van der Waals surface area contributed by atoms with E-state index in [0.717, 1.165) is 37.0 Å². The Morgan fingerprint density at radius 1 is 1.06 bits per heavy atom. The van der Waals surface area contributed by atoms with Gasteiger partial charge in [0.15, 0.2) is 5.82 Å². The van der Waals surface area contributed by atoms with Crippen molar-refractivity contribution in [2.45, 2.75) is 31.5 Å². The van der Waals surface area contributed by atoms with Crippen molar-refractivity contribution in [1.82, 2.24) is 20.2 Å². The fraction of sp³-hybridized carbons (Fsp3) is 0.208. The molecular formula is C24H20F3N7OS. The van der Waals surface area contributed by atoms with Crippen molar-refractivity contribution >= 4 is 34.0 Å². The maximum Gasteiger partial charge on any atom is 0.416 e. The fourth-order valence-electron chi connectivity index (χ4n) is 3.78. The first-order valence-corrected chi connectivity index (χ1v) is 11.9. The summed E-state index contributed by atoms with van der Waals surface area (Å²) in [6.45, 7) is 0. The van der Waals surface area contributed by atoms with Crippen molar-refractivity contribution in [3.63, 3.8) is 0 Å². The highest BCUT2D eigenvalue weighted by atomic mass is 32.1. The predicted molar refractivity (Wildman–Crippen MR) is 131 cm³/mol. The van der Waals surface area contributed by atoms with Crippen LogP contribution in [0.15, 0.2) is 60.9 Å². The molecule has 0 saturated heterocycles. The van der Waals surface area contributed by atoms with Gasteiger partial charge in [-0.15, -0.1) is 10.2 Å². The number of halogens is 3. The molecule has 12 heteroatoms. The standard InChI is InChI=1S/C24H20F3N7OS/c25-24(26,27)16-4-1-3-15(13-16)19-8-7-18(28)20(30-19)34(17-5-2-6-17)23(35)31-22-33-32-21(36-22)14-9-11-29-12-10-14/h1,3-4,7-13,17H,2,5-6,28H2,(H,31,33,35). The number of anilines is 3. The number of aromatic nitrogens is 4. The molecule has 0 aliphatic heterocycles. The SMILES string of the molecule is Nc1ccc(-c2cccc(C(F)(F)F)c2)nc1N(C(=O)Nc1nnc(-c2ccncc2)s1)C1CCC1. The van der Waals surface area contributed by atoms with Crippen molar-refractivity contribution in [3.05, 3.63) is 66.5 Å². The zero-order valence-corrected chi connectivity index (χ0v) is 19.6. The van der Waals surface area contributed by atoms with Crippen LogP contribution >= 0.6 is 11.3 Å². The van der Waals surface area contributed by atoms with Crippen LogP contribution in [0, 0.1) is 0 Å². The second-order valence-corrected chi connectivity index (χ2v) is 9.20. The van der Waals surface area contributed by atoms with E-state index in [0.29, 0.717) is 10.1 Å². The molecule has 1 aliphatic carbocycles. The van der Waals surface area contributed by atoms with Gasteiger partial charge in [0.25, 0.3) is 0 Å². The van der Waals surface area contributed by atoms with Crippen molar-refractivity contribution < 1.29 is 18.0 Å². The van der Waals surface area contributed by atoms with E-state index in [-0.39, 0.29) is 28.8 Å². The number of urea groups is 1. The van der Waals surface area contributed by atoms with E-state index >= 15 is 0 Å². The molecule has 0 spiro atoms. The van der Waals surface area contributed by atoms with E-state index in [1.54, 1.807) is 30.6 Å². The summed E-state index contributed by atoms with van der Waals surface area (Å²) in [6, 6.07) is 10.9. The third-order valence-corrected chi connectivity index (χ3v) is 6.73. The third-order valence-electron chi connectivity index (χ3n) is 5.84. The molecule has 0 atom stereocenters. The van der Waals surface area contributed by atoms with Gasteiger partial charge in [-0.1, -0.05) is 23.5 Å². The lowest BCUT2D eigenvalue weighted by molar-refractivity contribution is -0.137. The normalized spacial score (nSPS) is 13.8. The van der Waals surface area contributed by atoms with Crippen molar-refractivity contribution in [3.8, 4) is 21.8 Å². The van der Waals surface area contributed by atoms with Crippen LogP contribution in [0.4, 0.5) is 34.6 Å². The summed E-state index contributed by atoms with van der Waals surface area (Å²) in [5, 5.41) is 11.9. The van der Waals surface area contributed by atoms with Crippen LogP contribution in [0.2, 0.25) is 0 Å². The van der Waals surface area contributed by atoms with Crippen LogP contribution in [0.5, 0.6) is 0 Å². The summed E-state index contributed by atoms with van der Waals surface area (Å²) in [4.78, 5) is 23.3. The number of hydrogen-bond donors (Lipinski definition) is 2. The van der Waals surface area contributed by atoms with Gasteiger partial charge in [-0.2, -0.15) is 13.2 Å². The highest BCUT2D eigenvalue weighted by Crippen LogP contribution is 2.36. The highest BCUT2D eigenvalue weighted by Gasteiger charge is 2.34. The molecule has 0 radical (unpaired) electrons. The lowest BCUT2D eigenvalue weighted by atomic mass is 9.91.